The number of azide groups is 1. The van der Waals surface area contributed by atoms with E-state index in [9.17, 15) is 21.6 Å². The lowest BCUT2D eigenvalue weighted by Gasteiger charge is -2.44. The van der Waals surface area contributed by atoms with E-state index < -0.39 is 63.3 Å². The Morgan fingerprint density at radius 3 is 2.25 bits per heavy atom. The van der Waals surface area contributed by atoms with E-state index in [1.165, 1.54) is 6.92 Å². The summed E-state index contributed by atoms with van der Waals surface area (Å²) in [4.78, 5) is 14.5. The summed E-state index contributed by atoms with van der Waals surface area (Å²) in [6, 6.07) is 7.63. The fourth-order valence-corrected chi connectivity index (χ4v) is 4.35. The van der Waals surface area contributed by atoms with Crippen LogP contribution in [0.25, 0.3) is 10.4 Å². The van der Waals surface area contributed by atoms with E-state index in [0.717, 1.165) is 18.1 Å². The second kappa shape index (κ2) is 11.0. The minimum Gasteiger partial charge on any atom is -0.346 e. The maximum absolute atomic E-state index is 11.9. The van der Waals surface area contributed by atoms with Gasteiger partial charge >= 0.3 is 0 Å². The van der Waals surface area contributed by atoms with Crippen molar-refractivity contribution in [3.8, 4) is 0 Å². The molecule has 1 aliphatic heterocycles. The molecule has 1 aromatic rings. The van der Waals surface area contributed by atoms with E-state index in [0.29, 0.717) is 0 Å². The van der Waals surface area contributed by atoms with Crippen LogP contribution in [0, 0.1) is 0 Å². The van der Waals surface area contributed by atoms with Crippen molar-refractivity contribution in [1.82, 2.24) is 5.32 Å². The predicted molar refractivity (Wildman–Crippen MR) is 111 cm³/mol. The van der Waals surface area contributed by atoms with E-state index >= 15 is 0 Å². The highest BCUT2D eigenvalue weighted by Crippen LogP contribution is 2.30. The summed E-state index contributed by atoms with van der Waals surface area (Å²) in [5.74, 6) is -0.583. The molecule has 2 rings (SSSR count). The monoisotopic (exact) mass is 492 g/mol. The molecule has 0 bridgehead atoms. The second-order valence-electron chi connectivity index (χ2n) is 7.01. The van der Waals surface area contributed by atoms with E-state index in [1.807, 2.05) is 0 Å². The number of hydrogen-bond acceptors (Lipinski definition) is 10. The molecule has 1 fully saturated rings. The van der Waals surface area contributed by atoms with Crippen LogP contribution < -0.4 is 5.32 Å². The molecule has 178 valence electrons. The first-order chi connectivity index (χ1) is 14.9. The highest BCUT2D eigenvalue weighted by molar-refractivity contribution is 7.86. The number of amides is 1. The topological polar surface area (TPSA) is 183 Å². The van der Waals surface area contributed by atoms with Gasteiger partial charge in [0.2, 0.25) is 5.91 Å². The van der Waals surface area contributed by atoms with Gasteiger partial charge < -0.3 is 14.8 Å². The quantitative estimate of drug-likeness (QED) is 0.209. The van der Waals surface area contributed by atoms with Gasteiger partial charge in [-0.2, -0.15) is 16.8 Å². The van der Waals surface area contributed by atoms with Gasteiger partial charge in [0.1, 0.15) is 18.2 Å². The van der Waals surface area contributed by atoms with Gasteiger partial charge in [-0.1, -0.05) is 35.4 Å². The molecule has 15 heteroatoms. The largest absolute Gasteiger partial charge is 0.346 e. The van der Waals surface area contributed by atoms with Crippen molar-refractivity contribution >= 4 is 26.1 Å². The molecule has 1 saturated heterocycles. The van der Waals surface area contributed by atoms with Gasteiger partial charge in [-0.3, -0.25) is 13.2 Å². The normalized spacial score (nSPS) is 26.2. The summed E-state index contributed by atoms with van der Waals surface area (Å²) in [6.07, 6.45) is -4.19. The van der Waals surface area contributed by atoms with Crippen molar-refractivity contribution < 1.29 is 39.5 Å². The Balaban J connectivity index is 2.47. The molecule has 1 amide bonds. The molecule has 1 aliphatic rings. The lowest BCUT2D eigenvalue weighted by molar-refractivity contribution is -0.256. The van der Waals surface area contributed by atoms with Gasteiger partial charge in [0.05, 0.1) is 31.8 Å². The highest BCUT2D eigenvalue weighted by atomic mass is 32.2. The zero-order valence-electron chi connectivity index (χ0n) is 17.5. The molecule has 0 radical (unpaired) electrons. The first-order valence-corrected chi connectivity index (χ1v) is 12.9. The summed E-state index contributed by atoms with van der Waals surface area (Å²) < 4.78 is 69.3. The van der Waals surface area contributed by atoms with Gasteiger partial charge in [0.25, 0.3) is 20.2 Å². The predicted octanol–water partition coefficient (Wildman–Crippen LogP) is 0.433. The van der Waals surface area contributed by atoms with Crippen LogP contribution in [0.2, 0.25) is 0 Å². The number of carbonyl (C=O) groups excluding carboxylic acids is 1. The van der Waals surface area contributed by atoms with Crippen LogP contribution in [-0.2, 0) is 49.5 Å². The lowest BCUT2D eigenvalue weighted by Crippen LogP contribution is -2.66. The summed E-state index contributed by atoms with van der Waals surface area (Å²) >= 11 is 0. The Morgan fingerprint density at radius 1 is 1.12 bits per heavy atom. The van der Waals surface area contributed by atoms with E-state index in [4.69, 9.17) is 23.4 Å². The molecule has 5 atom stereocenters. The van der Waals surface area contributed by atoms with Crippen LogP contribution in [0.1, 0.15) is 12.5 Å². The van der Waals surface area contributed by atoms with Crippen LogP contribution in [-0.4, -0.2) is 72.4 Å². The smallest absolute Gasteiger partial charge is 0.264 e. The summed E-state index contributed by atoms with van der Waals surface area (Å²) in [6.45, 7) is 0.765. The Morgan fingerprint density at radius 2 is 1.72 bits per heavy atom. The molecular weight excluding hydrogens is 468 g/mol. The van der Waals surface area contributed by atoms with Gasteiger partial charge in [-0.05, 0) is 11.1 Å². The van der Waals surface area contributed by atoms with Crippen molar-refractivity contribution in [3.63, 3.8) is 0 Å². The lowest BCUT2D eigenvalue weighted by atomic mass is 9.96. The van der Waals surface area contributed by atoms with Crippen LogP contribution in [0.15, 0.2) is 35.4 Å². The fourth-order valence-electron chi connectivity index (χ4n) is 3.08. The third-order valence-corrected chi connectivity index (χ3v) is 5.31. The Labute approximate surface area is 185 Å². The third kappa shape index (κ3) is 8.35. The molecule has 0 aliphatic carbocycles. The molecule has 5 unspecified atom stereocenters. The molecule has 32 heavy (non-hydrogen) atoms. The van der Waals surface area contributed by atoms with Crippen LogP contribution in [0.4, 0.5) is 0 Å². The number of nitrogens with one attached hydrogen (secondary N) is 1. The maximum Gasteiger partial charge on any atom is 0.264 e. The number of rotatable bonds is 10. The molecule has 1 heterocycles. The van der Waals surface area contributed by atoms with Crippen molar-refractivity contribution in [2.45, 2.75) is 44.2 Å². The number of benzene rings is 1. The van der Waals surface area contributed by atoms with Gasteiger partial charge in [0, 0.05) is 11.8 Å². The Hall–Kier alpha value is -2.26. The SMILES string of the molecule is CC(=O)NC1C(OCc2ccccc2)OC(CN=[N+]=[N-])C(OS(C)(=O)=O)C1OS(C)(=O)=O. The van der Waals surface area contributed by atoms with E-state index in [-0.39, 0.29) is 6.61 Å². The number of carbonyl (C=O) groups is 1. The van der Waals surface area contributed by atoms with Crippen molar-refractivity contribution in [3.05, 3.63) is 46.3 Å². The first kappa shape index (κ1) is 26.0. The molecular formula is C17H24N4O9S2. The minimum atomic E-state index is -4.16. The Bertz CT molecular complexity index is 1040. The first-order valence-electron chi connectivity index (χ1n) is 9.25. The van der Waals surface area contributed by atoms with Crippen molar-refractivity contribution in [2.75, 3.05) is 19.1 Å². The highest BCUT2D eigenvalue weighted by Gasteiger charge is 2.51. The van der Waals surface area contributed by atoms with Crippen LogP contribution in [0.5, 0.6) is 0 Å². The van der Waals surface area contributed by atoms with Gasteiger partial charge in [0.15, 0.2) is 6.29 Å². The zero-order valence-corrected chi connectivity index (χ0v) is 19.2. The zero-order chi connectivity index (χ0) is 23.9. The molecule has 13 nitrogen and oxygen atoms in total. The molecule has 0 aromatic heterocycles. The van der Waals surface area contributed by atoms with Crippen molar-refractivity contribution in [2.24, 2.45) is 5.11 Å². The van der Waals surface area contributed by atoms with Gasteiger partial charge in [-0.25, -0.2) is 0 Å². The third-order valence-electron chi connectivity index (χ3n) is 4.17. The van der Waals surface area contributed by atoms with Crippen LogP contribution >= 0.6 is 0 Å². The standard InChI is InChI=1S/C17H24N4O9S2/c1-11(22)20-14-16(30-32(3,25)26)15(29-31(2,23)24)13(9-19-21-18)28-17(14)27-10-12-7-5-4-6-8-12/h4-8,13-17H,9-10H2,1-3H3,(H,20,22). The summed E-state index contributed by atoms with van der Waals surface area (Å²) in [7, 11) is -8.29. The average molecular weight is 493 g/mol. The number of ether oxygens (including phenoxy) is 2. The van der Waals surface area contributed by atoms with E-state index in [2.05, 4.69) is 15.3 Å². The summed E-state index contributed by atoms with van der Waals surface area (Å²) in [5.41, 5.74) is 9.43. The average Bonchev–Trinajstić information content (AvgIpc) is 2.67. The van der Waals surface area contributed by atoms with Crippen LogP contribution in [0.3, 0.4) is 0 Å². The van der Waals surface area contributed by atoms with Gasteiger partial charge in [-0.15, -0.1) is 0 Å². The molecule has 1 N–H and O–H groups in total. The minimum absolute atomic E-state index is 0.0129. The maximum atomic E-state index is 11.9. The fraction of sp³-hybridized carbons (Fsp3) is 0.588. The second-order valence-corrected chi connectivity index (χ2v) is 10.2. The number of hydrogen-bond donors (Lipinski definition) is 1. The number of nitrogens with zero attached hydrogens (tertiary/aromatic N) is 3. The van der Waals surface area contributed by atoms with E-state index in [1.54, 1.807) is 30.3 Å². The summed E-state index contributed by atoms with van der Waals surface area (Å²) in [5, 5.41) is 5.85. The molecule has 0 saturated carbocycles. The molecule has 0 spiro atoms. The Kier molecular flexibility index (Phi) is 8.98. The van der Waals surface area contributed by atoms with Crippen molar-refractivity contribution in [1.29, 1.82) is 0 Å². The molecule has 1 aromatic carbocycles.